The van der Waals surface area contributed by atoms with E-state index >= 15 is 0 Å². The fraction of sp³-hybridized carbons (Fsp3) is 0.441. The van der Waals surface area contributed by atoms with Gasteiger partial charge in [-0.3, -0.25) is 33.6 Å². The number of sulfonamides is 1. The van der Waals surface area contributed by atoms with E-state index in [4.69, 9.17) is 0 Å². The van der Waals surface area contributed by atoms with E-state index in [9.17, 15) is 42.0 Å². The highest BCUT2D eigenvalue weighted by Crippen LogP contribution is 2.47. The third-order valence-corrected chi connectivity index (χ3v) is 14.8. The molecule has 17 nitrogen and oxygen atoms in total. The van der Waals surface area contributed by atoms with Gasteiger partial charge in [0.05, 0.1) is 11.7 Å². The molecule has 1 saturated carbocycles. The van der Waals surface area contributed by atoms with Crippen LogP contribution in [0.4, 0.5) is 0 Å². The summed E-state index contributed by atoms with van der Waals surface area (Å²) < 4.78 is 30.8. The lowest BCUT2D eigenvalue weighted by atomic mass is 9.98. The summed E-state index contributed by atoms with van der Waals surface area (Å²) in [5, 5.41) is 22.8. The van der Waals surface area contributed by atoms with E-state index in [0.29, 0.717) is 6.42 Å². The number of aryl methyl sites for hydroxylation is 1. The zero-order valence-electron chi connectivity index (χ0n) is 45.5. The van der Waals surface area contributed by atoms with Gasteiger partial charge in [-0.2, -0.15) is 0 Å². The molecular weight excluding hydrogens is 997 g/mol. The molecule has 0 spiro atoms. The van der Waals surface area contributed by atoms with Crippen molar-refractivity contribution in [3.63, 3.8) is 0 Å². The predicted octanol–water partition coefficient (Wildman–Crippen LogP) is 5.98. The second-order valence-corrected chi connectivity index (χ2v) is 24.4. The molecule has 77 heavy (non-hydrogen) atoms. The molecular formula is C59H76N8O9S. The molecule has 8 N–H and O–H groups in total. The van der Waals surface area contributed by atoms with Crippen molar-refractivity contribution < 1.29 is 42.0 Å². The minimum atomic E-state index is -4.20. The van der Waals surface area contributed by atoms with Gasteiger partial charge in [0.25, 0.3) is 0 Å². The summed E-state index contributed by atoms with van der Waals surface area (Å²) in [5.74, 6) is -3.46. The third kappa shape index (κ3) is 19.1. The maximum atomic E-state index is 14.1. The van der Waals surface area contributed by atoms with Crippen molar-refractivity contribution in [3.05, 3.63) is 131 Å². The van der Waals surface area contributed by atoms with Gasteiger partial charge >= 0.3 is 0 Å². The number of fused-ring (bicyclic) bond motifs is 2. The Kier molecular flexibility index (Phi) is 20.1. The largest absolute Gasteiger partial charge is 0.353 e. The van der Waals surface area contributed by atoms with Gasteiger partial charge in [0.15, 0.2) is 0 Å². The van der Waals surface area contributed by atoms with E-state index in [1.165, 1.54) is 0 Å². The molecule has 0 saturated heterocycles. The van der Waals surface area contributed by atoms with Crippen LogP contribution >= 0.6 is 0 Å². The van der Waals surface area contributed by atoms with Crippen LogP contribution < -0.4 is 41.9 Å². The van der Waals surface area contributed by atoms with Crippen LogP contribution in [0.2, 0.25) is 0 Å². The van der Waals surface area contributed by atoms with Crippen LogP contribution in [-0.2, 0) is 63.1 Å². The molecule has 6 rings (SSSR count). The van der Waals surface area contributed by atoms with Crippen molar-refractivity contribution >= 4 is 72.9 Å². The maximum absolute atomic E-state index is 14.1. The monoisotopic (exact) mass is 1070 g/mol. The lowest BCUT2D eigenvalue weighted by Crippen LogP contribution is -2.53. The molecule has 0 heterocycles. The van der Waals surface area contributed by atoms with Crippen molar-refractivity contribution in [1.82, 2.24) is 41.9 Å². The first-order valence-corrected chi connectivity index (χ1v) is 27.9. The van der Waals surface area contributed by atoms with Crippen molar-refractivity contribution in [1.29, 1.82) is 0 Å². The Morgan fingerprint density at radius 3 is 1.71 bits per heavy atom. The zero-order chi connectivity index (χ0) is 56.1. The maximum Gasteiger partial charge on any atom is 0.238 e. The molecule has 1 fully saturated rings. The lowest BCUT2D eigenvalue weighted by Gasteiger charge is -2.24. The summed E-state index contributed by atoms with van der Waals surface area (Å²) in [4.78, 5) is 92.8. The Morgan fingerprint density at radius 2 is 1.08 bits per heavy atom. The number of hydrogen-bond donors (Lipinski definition) is 8. The van der Waals surface area contributed by atoms with Crippen LogP contribution in [0.15, 0.2) is 109 Å². The molecule has 412 valence electrons. The van der Waals surface area contributed by atoms with Crippen molar-refractivity contribution in [3.8, 4) is 0 Å². The van der Waals surface area contributed by atoms with Crippen LogP contribution in [0.3, 0.4) is 0 Å². The van der Waals surface area contributed by atoms with Crippen LogP contribution in [-0.4, -0.2) is 90.3 Å². The normalized spacial score (nSPS) is 16.0. The molecule has 1 aliphatic carbocycles. The number of carbonyl (C=O) groups excluding carboxylic acids is 7. The molecule has 2 unspecified atom stereocenters. The van der Waals surface area contributed by atoms with Gasteiger partial charge in [-0.15, -0.1) is 0 Å². The first-order valence-electron chi connectivity index (χ1n) is 26.4. The van der Waals surface area contributed by atoms with Gasteiger partial charge in [-0.1, -0.05) is 109 Å². The average Bonchev–Trinajstić information content (AvgIpc) is 4.21. The van der Waals surface area contributed by atoms with E-state index < -0.39 is 80.6 Å². The van der Waals surface area contributed by atoms with Crippen LogP contribution in [0.1, 0.15) is 129 Å². The Balaban J connectivity index is 1.05. The van der Waals surface area contributed by atoms with Crippen molar-refractivity contribution in [2.75, 3.05) is 0 Å². The number of nitrogens with one attached hydrogen (secondary N) is 8. The van der Waals surface area contributed by atoms with Crippen molar-refractivity contribution in [2.24, 2.45) is 0 Å². The third-order valence-electron chi connectivity index (χ3n) is 12.9. The molecule has 0 aromatic heterocycles. The molecule has 18 heteroatoms. The first-order chi connectivity index (χ1) is 36.3. The smallest absolute Gasteiger partial charge is 0.238 e. The summed E-state index contributed by atoms with van der Waals surface area (Å²) in [6, 6.07) is 31.0. The van der Waals surface area contributed by atoms with E-state index in [0.717, 1.165) is 43.8 Å². The quantitative estimate of drug-likeness (QED) is 0.0342. The molecule has 7 amide bonds. The lowest BCUT2D eigenvalue weighted by molar-refractivity contribution is -0.129. The predicted molar refractivity (Wildman–Crippen MR) is 299 cm³/mol. The highest BCUT2D eigenvalue weighted by atomic mass is 32.2. The first kappa shape index (κ1) is 59.1. The van der Waals surface area contributed by atoms with E-state index in [2.05, 4.69) is 41.9 Å². The molecule has 0 radical (unpaired) electrons. The van der Waals surface area contributed by atoms with E-state index in [1.54, 1.807) is 34.6 Å². The Hall–Kier alpha value is -7.18. The van der Waals surface area contributed by atoms with Gasteiger partial charge in [-0.05, 0) is 112 Å². The molecule has 6 atom stereocenters. The Morgan fingerprint density at radius 1 is 0.545 bits per heavy atom. The van der Waals surface area contributed by atoms with E-state index in [-0.39, 0.29) is 75.2 Å². The molecule has 0 bridgehead atoms. The van der Waals surface area contributed by atoms with Gasteiger partial charge in [0.2, 0.25) is 51.4 Å². The summed E-state index contributed by atoms with van der Waals surface area (Å²) in [6.07, 6.45) is -0.0218. The summed E-state index contributed by atoms with van der Waals surface area (Å²) in [7, 11) is -4.20. The second kappa shape index (κ2) is 26.2. The highest BCUT2D eigenvalue weighted by Gasteiger charge is 2.49. The number of amides is 7. The molecule has 5 aromatic rings. The molecule has 5 aromatic carbocycles. The summed E-state index contributed by atoms with van der Waals surface area (Å²) in [5.41, 5.74) is 2.21. The minimum absolute atomic E-state index is 0.0724. The number of carbonyl (C=O) groups is 7. The van der Waals surface area contributed by atoms with Gasteiger partial charge in [0.1, 0.15) is 6.04 Å². The van der Waals surface area contributed by atoms with Crippen LogP contribution in [0, 0.1) is 0 Å². The number of rotatable bonds is 25. The zero-order valence-corrected chi connectivity index (χ0v) is 46.3. The Bertz CT molecular complexity index is 3040. The number of benzene rings is 5. The van der Waals surface area contributed by atoms with E-state index in [1.807, 2.05) is 130 Å². The summed E-state index contributed by atoms with van der Waals surface area (Å²) in [6.45, 7) is 14.6. The van der Waals surface area contributed by atoms with Gasteiger partial charge in [-0.25, -0.2) is 13.1 Å². The molecule has 1 aliphatic rings. The number of hydrogen-bond acceptors (Lipinski definition) is 9. The van der Waals surface area contributed by atoms with Gasteiger partial charge in [0, 0.05) is 80.3 Å². The fourth-order valence-electron chi connectivity index (χ4n) is 9.38. The van der Waals surface area contributed by atoms with Crippen molar-refractivity contribution in [2.45, 2.75) is 166 Å². The van der Waals surface area contributed by atoms with Crippen LogP contribution in [0.25, 0.3) is 21.5 Å². The minimum Gasteiger partial charge on any atom is -0.353 e. The van der Waals surface area contributed by atoms with Crippen LogP contribution in [0.5, 0.6) is 0 Å². The standard InChI is InChI=1S/C59H76N8O9S/c1-37(62-54(71)31-45(32-55(72)65-58(3,4)5)64-51(68)26-25-39-17-10-9-11-18-39)27-52(69)61-36-44-30-43(29-41-20-13-15-24-47(41)44)48-33-50(48)77(75,76)67-49(34-56(73)66-59(6,7)8)57(74)63-38(2)28-53(70)60-35-42-22-16-21-40-19-12-14-23-46(40)42/h9-24,29-30,37-38,45,48-50,67H,25-28,31-36H2,1-8H3,(H,60,70)(H,61,69)(H,62,71)(H,63,74)(H,64,68)(H,65,72)(H,66,73)/t37-,38-,45+,48?,49-,50?/m0/s1. The fourth-order valence-corrected chi connectivity index (χ4v) is 11.2. The highest BCUT2D eigenvalue weighted by molar-refractivity contribution is 7.90. The average molecular weight is 1070 g/mol. The second-order valence-electron chi connectivity index (χ2n) is 22.4. The van der Waals surface area contributed by atoms with Gasteiger partial charge < -0.3 is 37.2 Å². The topological polar surface area (TPSA) is 250 Å². The summed E-state index contributed by atoms with van der Waals surface area (Å²) >= 11 is 0. The SMILES string of the molecule is C[C@@H](CC(=O)NCc1cc(C2CC2S(=O)(=O)N[C@@H](CC(=O)NC(C)(C)C)C(=O)N[C@@H](C)CC(=O)NCc2cccc3ccccc23)cc2ccccc12)NC(=O)C[C@H](CC(=O)NC(C)(C)C)NC(=O)CCc1ccccc1. The molecule has 0 aliphatic heterocycles. The Labute approximate surface area is 452 Å².